The number of amides is 1. The highest BCUT2D eigenvalue weighted by Gasteiger charge is 2.40. The lowest BCUT2D eigenvalue weighted by Crippen LogP contribution is -2.43. The molecule has 1 fully saturated rings. The molecule has 2 aromatic rings. The van der Waals surface area contributed by atoms with Crippen LogP contribution in [0.15, 0.2) is 48.0 Å². The van der Waals surface area contributed by atoms with Crippen molar-refractivity contribution in [1.82, 2.24) is 9.88 Å². The number of carbonyl (C=O) groups is 2. The van der Waals surface area contributed by atoms with Crippen LogP contribution in [0.25, 0.3) is 10.6 Å². The van der Waals surface area contributed by atoms with Crippen LogP contribution in [0.3, 0.4) is 0 Å². The number of ether oxygens (including phenoxy) is 2. The number of carboxylic acids is 1. The molecule has 1 unspecified atom stereocenters. The molecule has 2 atom stereocenters. The van der Waals surface area contributed by atoms with Crippen LogP contribution in [0.1, 0.15) is 27.2 Å². The lowest BCUT2D eigenvalue weighted by molar-refractivity contribution is -0.142. The van der Waals surface area contributed by atoms with Crippen LogP contribution in [0.4, 0.5) is 4.79 Å². The molecule has 29 heavy (non-hydrogen) atoms. The topological polar surface area (TPSA) is 89.0 Å². The number of nitrogens with zero attached hydrogens (tertiary/aromatic N) is 2. The van der Waals surface area contributed by atoms with Gasteiger partial charge in [0.25, 0.3) is 0 Å². The second kappa shape index (κ2) is 8.65. The third kappa shape index (κ3) is 5.57. The van der Waals surface area contributed by atoms with Crippen molar-refractivity contribution < 1.29 is 24.2 Å². The minimum Gasteiger partial charge on any atom is -0.480 e. The summed E-state index contributed by atoms with van der Waals surface area (Å²) in [6.45, 7) is 5.51. The van der Waals surface area contributed by atoms with E-state index < -0.39 is 23.7 Å². The summed E-state index contributed by atoms with van der Waals surface area (Å²) >= 11 is 1.60. The minimum absolute atomic E-state index is 0.149. The Balaban J connectivity index is 1.63. The van der Waals surface area contributed by atoms with Gasteiger partial charge in [-0.15, -0.1) is 11.3 Å². The largest absolute Gasteiger partial charge is 0.480 e. The van der Waals surface area contributed by atoms with Crippen molar-refractivity contribution in [3.05, 3.63) is 48.0 Å². The summed E-state index contributed by atoms with van der Waals surface area (Å²) in [5.41, 5.74) is 0.143. The maximum Gasteiger partial charge on any atom is 0.411 e. The molecule has 3 heterocycles. The van der Waals surface area contributed by atoms with Crippen molar-refractivity contribution in [3.63, 3.8) is 0 Å². The highest BCUT2D eigenvalue weighted by molar-refractivity contribution is 7.13. The smallest absolute Gasteiger partial charge is 0.411 e. The van der Waals surface area contributed by atoms with E-state index in [1.165, 1.54) is 11.2 Å². The predicted octanol–water partition coefficient (Wildman–Crippen LogP) is 4.41. The van der Waals surface area contributed by atoms with Gasteiger partial charge in [0.15, 0.2) is 0 Å². The lowest BCUT2D eigenvalue weighted by Gasteiger charge is -2.26. The lowest BCUT2D eigenvalue weighted by atomic mass is 10.1. The van der Waals surface area contributed by atoms with E-state index in [-0.39, 0.29) is 12.5 Å². The number of carboxylic acid groups (broad SMARTS) is 1. The number of aliphatic carboxylic acids is 1. The summed E-state index contributed by atoms with van der Waals surface area (Å²) in [6, 6.07) is 8.57. The Morgan fingerprint density at radius 3 is 2.72 bits per heavy atom. The van der Waals surface area contributed by atoms with Crippen molar-refractivity contribution in [3.8, 4) is 16.5 Å². The molecule has 0 aliphatic carbocycles. The van der Waals surface area contributed by atoms with Gasteiger partial charge in [0.05, 0.1) is 16.8 Å². The van der Waals surface area contributed by atoms with Crippen LogP contribution in [0, 0.1) is 5.92 Å². The fourth-order valence-corrected chi connectivity index (χ4v) is 3.72. The first-order valence-electron chi connectivity index (χ1n) is 9.29. The van der Waals surface area contributed by atoms with E-state index in [0.717, 1.165) is 10.6 Å². The SMILES string of the molecule is CC(C)(C)OC(=O)N1CC(/C=C/Oc2cccc(-c3cccs3)n2)C[C@H]1C(=O)O. The van der Waals surface area contributed by atoms with E-state index in [0.29, 0.717) is 12.3 Å². The molecule has 0 aromatic carbocycles. The number of pyridine rings is 1. The summed E-state index contributed by atoms with van der Waals surface area (Å²) in [5, 5.41) is 11.4. The van der Waals surface area contributed by atoms with Crippen molar-refractivity contribution in [1.29, 1.82) is 0 Å². The molecule has 1 N–H and O–H groups in total. The molecule has 2 aromatic heterocycles. The molecular formula is C21H24N2O5S. The summed E-state index contributed by atoms with van der Waals surface area (Å²) < 4.78 is 10.9. The van der Waals surface area contributed by atoms with Crippen LogP contribution in [0.5, 0.6) is 5.88 Å². The Labute approximate surface area is 173 Å². The zero-order valence-corrected chi connectivity index (χ0v) is 17.4. The van der Waals surface area contributed by atoms with Gasteiger partial charge in [0.2, 0.25) is 5.88 Å². The molecule has 1 saturated heterocycles. The maximum absolute atomic E-state index is 12.3. The van der Waals surface area contributed by atoms with E-state index in [4.69, 9.17) is 9.47 Å². The number of likely N-dealkylation sites (tertiary alicyclic amines) is 1. The first-order chi connectivity index (χ1) is 13.7. The fraction of sp³-hybridized carbons (Fsp3) is 0.381. The molecule has 0 spiro atoms. The van der Waals surface area contributed by atoms with Crippen LogP contribution >= 0.6 is 11.3 Å². The molecule has 8 heteroatoms. The number of hydrogen-bond acceptors (Lipinski definition) is 6. The number of carbonyl (C=O) groups excluding carboxylic acids is 1. The van der Waals surface area contributed by atoms with Crippen LogP contribution in [-0.4, -0.2) is 45.2 Å². The van der Waals surface area contributed by atoms with Gasteiger partial charge in [-0.25, -0.2) is 14.6 Å². The molecule has 1 amide bonds. The van der Waals surface area contributed by atoms with Crippen molar-refractivity contribution in [2.45, 2.75) is 38.8 Å². The predicted molar refractivity (Wildman–Crippen MR) is 110 cm³/mol. The van der Waals surface area contributed by atoms with Gasteiger partial charge in [0, 0.05) is 18.5 Å². The van der Waals surface area contributed by atoms with Gasteiger partial charge in [0.1, 0.15) is 11.6 Å². The molecular weight excluding hydrogens is 392 g/mol. The third-order valence-electron chi connectivity index (χ3n) is 4.28. The Bertz CT molecular complexity index is 889. The third-order valence-corrected chi connectivity index (χ3v) is 5.18. The highest BCUT2D eigenvalue weighted by atomic mass is 32.1. The van der Waals surface area contributed by atoms with E-state index >= 15 is 0 Å². The van der Waals surface area contributed by atoms with E-state index in [9.17, 15) is 14.7 Å². The Hall–Kier alpha value is -2.87. The zero-order chi connectivity index (χ0) is 21.0. The average molecular weight is 416 g/mol. The molecule has 1 aliphatic rings. The summed E-state index contributed by atoms with van der Waals surface area (Å²) in [4.78, 5) is 30.7. The molecule has 0 radical (unpaired) electrons. The Morgan fingerprint density at radius 2 is 2.07 bits per heavy atom. The van der Waals surface area contributed by atoms with Gasteiger partial charge >= 0.3 is 12.1 Å². The molecule has 154 valence electrons. The maximum atomic E-state index is 12.3. The molecule has 1 aliphatic heterocycles. The Morgan fingerprint density at radius 1 is 1.28 bits per heavy atom. The molecule has 0 saturated carbocycles. The van der Waals surface area contributed by atoms with E-state index in [2.05, 4.69) is 4.98 Å². The van der Waals surface area contributed by atoms with E-state index in [1.807, 2.05) is 29.6 Å². The number of thiophene rings is 1. The standard InChI is InChI=1S/C21H24N2O5S/c1-21(2,3)28-20(26)23-13-14(12-16(23)19(24)25)9-10-27-18-8-4-6-15(22-18)17-7-5-11-29-17/h4-11,14,16H,12-13H2,1-3H3,(H,24,25)/b10-9+/t14?,16-/m0/s1. The zero-order valence-electron chi connectivity index (χ0n) is 16.6. The number of rotatable bonds is 5. The summed E-state index contributed by atoms with van der Waals surface area (Å²) in [7, 11) is 0. The fourth-order valence-electron chi connectivity index (χ4n) is 3.03. The van der Waals surface area contributed by atoms with Crippen LogP contribution < -0.4 is 4.74 Å². The average Bonchev–Trinajstić information content (AvgIpc) is 3.31. The van der Waals surface area contributed by atoms with Gasteiger partial charge < -0.3 is 14.6 Å². The first-order valence-corrected chi connectivity index (χ1v) is 10.2. The molecule has 3 rings (SSSR count). The molecule has 7 nitrogen and oxygen atoms in total. The summed E-state index contributed by atoms with van der Waals surface area (Å²) in [6.07, 6.45) is 2.95. The van der Waals surface area contributed by atoms with Gasteiger partial charge in [-0.1, -0.05) is 12.1 Å². The van der Waals surface area contributed by atoms with Crippen molar-refractivity contribution >= 4 is 23.4 Å². The van der Waals surface area contributed by atoms with Gasteiger partial charge in [-0.05, 0) is 50.8 Å². The second-order valence-corrected chi connectivity index (χ2v) is 8.71. The minimum atomic E-state index is -1.04. The van der Waals surface area contributed by atoms with Crippen molar-refractivity contribution in [2.75, 3.05) is 6.54 Å². The number of aromatic nitrogens is 1. The van der Waals surface area contributed by atoms with Crippen LogP contribution in [-0.2, 0) is 9.53 Å². The Kier molecular flexibility index (Phi) is 6.22. The quantitative estimate of drug-likeness (QED) is 0.726. The number of hydrogen-bond donors (Lipinski definition) is 1. The summed E-state index contributed by atoms with van der Waals surface area (Å²) in [5.74, 6) is -0.744. The normalized spacial score (nSPS) is 19.5. The second-order valence-electron chi connectivity index (χ2n) is 7.77. The van der Waals surface area contributed by atoms with E-state index in [1.54, 1.807) is 44.3 Å². The molecule has 0 bridgehead atoms. The van der Waals surface area contributed by atoms with Gasteiger partial charge in [-0.2, -0.15) is 0 Å². The van der Waals surface area contributed by atoms with Crippen LogP contribution in [0.2, 0.25) is 0 Å². The first kappa shape index (κ1) is 20.9. The monoisotopic (exact) mass is 416 g/mol. The van der Waals surface area contributed by atoms with Crippen molar-refractivity contribution in [2.24, 2.45) is 5.92 Å². The highest BCUT2D eigenvalue weighted by Crippen LogP contribution is 2.27. The van der Waals surface area contributed by atoms with Gasteiger partial charge in [-0.3, -0.25) is 4.90 Å².